The van der Waals surface area contributed by atoms with E-state index in [9.17, 15) is 0 Å². The van der Waals surface area contributed by atoms with Crippen LogP contribution in [0.5, 0.6) is 0 Å². The smallest absolute Gasteiger partial charge is 0 e. The minimum absolute atomic E-state index is 0. The van der Waals surface area contributed by atoms with Crippen LogP contribution in [-0.2, 0) is 21.1 Å². The second-order valence-corrected chi connectivity index (χ2v) is 0.816. The van der Waals surface area contributed by atoms with Crippen molar-refractivity contribution in [1.82, 2.24) is 0 Å². The fourth-order valence-corrected chi connectivity index (χ4v) is 0. The summed E-state index contributed by atoms with van der Waals surface area (Å²) in [6, 6.07) is 0. The van der Waals surface area contributed by atoms with Gasteiger partial charge in [-0.15, -0.1) is 0 Å². The fourth-order valence-electron chi connectivity index (χ4n) is 0. The zero-order valence-electron chi connectivity index (χ0n) is 3.69. The standard InChI is InChI=1S/C4H9.CH4.W/c1-3-4-2;;/h3H,4H2,1-2H3;1H4;/q-1;;. The molecule has 0 aliphatic rings. The van der Waals surface area contributed by atoms with E-state index >= 15 is 0 Å². The normalized spacial score (nSPS) is 5.00. The summed E-state index contributed by atoms with van der Waals surface area (Å²) >= 11 is 0. The van der Waals surface area contributed by atoms with Gasteiger partial charge in [-0.25, -0.2) is 0 Å². The molecule has 40 valence electrons. The van der Waals surface area contributed by atoms with Gasteiger partial charge in [0.1, 0.15) is 0 Å². The largest absolute Gasteiger partial charge is 0.332 e. The van der Waals surface area contributed by atoms with Crippen molar-refractivity contribution in [2.24, 2.45) is 0 Å². The maximum absolute atomic E-state index is 2.12. The zero-order valence-corrected chi connectivity index (χ0v) is 6.63. The summed E-state index contributed by atoms with van der Waals surface area (Å²) in [6.07, 6.45) is 3.32. The predicted molar refractivity (Wildman–Crippen MR) is 27.0 cm³/mol. The molecular formula is C5H13W-. The summed E-state index contributed by atoms with van der Waals surface area (Å²) in [4.78, 5) is 0. The minimum atomic E-state index is 0. The third-order valence-electron chi connectivity index (χ3n) is 0.408. The molecule has 0 aromatic rings. The first kappa shape index (κ1) is 15.9. The van der Waals surface area contributed by atoms with Crippen LogP contribution in [0.15, 0.2) is 0 Å². The first-order valence-electron chi connectivity index (χ1n) is 1.69. The predicted octanol–water partition coefficient (Wildman–Crippen LogP) is 2.25. The van der Waals surface area contributed by atoms with Crippen LogP contribution in [0.1, 0.15) is 27.7 Å². The van der Waals surface area contributed by atoms with Crippen LogP contribution >= 0.6 is 0 Å². The van der Waals surface area contributed by atoms with Gasteiger partial charge in [-0.3, -0.25) is 0 Å². The molecule has 0 spiro atoms. The minimum Gasteiger partial charge on any atom is -0.332 e. The van der Waals surface area contributed by atoms with Crippen LogP contribution in [0.3, 0.4) is 0 Å². The number of rotatable bonds is 1. The van der Waals surface area contributed by atoms with Crippen LogP contribution in [0, 0.1) is 6.42 Å². The molecule has 0 bridgehead atoms. The van der Waals surface area contributed by atoms with Gasteiger partial charge in [0.15, 0.2) is 0 Å². The van der Waals surface area contributed by atoms with Crippen LogP contribution < -0.4 is 0 Å². The summed E-state index contributed by atoms with van der Waals surface area (Å²) in [6.45, 7) is 4.18. The Kier molecular flexibility index (Phi) is 45.9. The molecule has 6 heavy (non-hydrogen) atoms. The van der Waals surface area contributed by atoms with Gasteiger partial charge in [0.25, 0.3) is 0 Å². The van der Waals surface area contributed by atoms with E-state index in [0.29, 0.717) is 0 Å². The molecule has 0 fully saturated rings. The Morgan fingerprint density at radius 1 is 1.50 bits per heavy atom. The number of hydrogen-bond acceptors (Lipinski definition) is 0. The summed E-state index contributed by atoms with van der Waals surface area (Å²) in [5.74, 6) is 0. The first-order valence-corrected chi connectivity index (χ1v) is 1.69. The van der Waals surface area contributed by atoms with Crippen molar-refractivity contribution in [2.75, 3.05) is 0 Å². The Morgan fingerprint density at radius 2 is 1.67 bits per heavy atom. The summed E-state index contributed by atoms with van der Waals surface area (Å²) in [7, 11) is 0. The number of hydrogen-bond donors (Lipinski definition) is 0. The molecule has 0 aromatic carbocycles. The Labute approximate surface area is 55.6 Å². The molecular weight excluding hydrogens is 244 g/mol. The molecule has 0 N–H and O–H groups in total. The fraction of sp³-hybridized carbons (Fsp3) is 0.800. The van der Waals surface area contributed by atoms with Crippen molar-refractivity contribution in [2.45, 2.75) is 27.7 Å². The Morgan fingerprint density at radius 3 is 1.67 bits per heavy atom. The van der Waals surface area contributed by atoms with E-state index < -0.39 is 0 Å². The molecule has 0 unspecified atom stereocenters. The molecule has 0 heterocycles. The van der Waals surface area contributed by atoms with Crippen molar-refractivity contribution in [3.8, 4) is 0 Å². The Bertz CT molecular complexity index is 5.90. The van der Waals surface area contributed by atoms with Crippen molar-refractivity contribution in [3.05, 3.63) is 6.42 Å². The molecule has 0 atom stereocenters. The van der Waals surface area contributed by atoms with Crippen molar-refractivity contribution < 1.29 is 21.1 Å². The zero-order chi connectivity index (χ0) is 3.41. The Hall–Kier alpha value is 0.688. The topological polar surface area (TPSA) is 0 Å². The van der Waals surface area contributed by atoms with Crippen LogP contribution in [0.25, 0.3) is 0 Å². The molecule has 0 radical (unpaired) electrons. The van der Waals surface area contributed by atoms with Gasteiger partial charge in [0.05, 0.1) is 0 Å². The Balaban J connectivity index is -0.0000000450. The van der Waals surface area contributed by atoms with Gasteiger partial charge in [0.2, 0.25) is 0 Å². The SMILES string of the molecule is C.C[CH-]CC.[W]. The molecule has 0 rings (SSSR count). The number of unbranched alkanes of at least 4 members (excludes halogenated alkanes) is 1. The van der Waals surface area contributed by atoms with E-state index in [1.54, 1.807) is 0 Å². The molecule has 0 saturated carbocycles. The van der Waals surface area contributed by atoms with E-state index in [1.807, 2.05) is 0 Å². The van der Waals surface area contributed by atoms with E-state index in [2.05, 4.69) is 20.3 Å². The van der Waals surface area contributed by atoms with E-state index in [-0.39, 0.29) is 28.5 Å². The van der Waals surface area contributed by atoms with Crippen molar-refractivity contribution in [3.63, 3.8) is 0 Å². The molecule has 0 saturated heterocycles. The second kappa shape index (κ2) is 17.3. The van der Waals surface area contributed by atoms with Crippen LogP contribution in [0.4, 0.5) is 0 Å². The first-order chi connectivity index (χ1) is 1.91. The maximum Gasteiger partial charge on any atom is 0 e. The second-order valence-electron chi connectivity index (χ2n) is 0.816. The summed E-state index contributed by atoms with van der Waals surface area (Å²) < 4.78 is 0. The molecule has 0 aliphatic heterocycles. The van der Waals surface area contributed by atoms with Gasteiger partial charge < -0.3 is 6.42 Å². The van der Waals surface area contributed by atoms with E-state index in [0.717, 1.165) is 0 Å². The van der Waals surface area contributed by atoms with Crippen LogP contribution in [0.2, 0.25) is 0 Å². The van der Waals surface area contributed by atoms with Gasteiger partial charge in [-0.2, -0.15) is 13.3 Å². The van der Waals surface area contributed by atoms with Gasteiger partial charge >= 0.3 is 0 Å². The van der Waals surface area contributed by atoms with Gasteiger partial charge in [0, 0.05) is 21.1 Å². The van der Waals surface area contributed by atoms with E-state index in [1.165, 1.54) is 6.42 Å². The summed E-state index contributed by atoms with van der Waals surface area (Å²) in [5, 5.41) is 0. The monoisotopic (exact) mass is 257 g/mol. The molecule has 1 heteroatoms. The quantitative estimate of drug-likeness (QED) is 0.632. The molecule has 0 amide bonds. The van der Waals surface area contributed by atoms with Crippen LogP contribution in [-0.4, -0.2) is 0 Å². The maximum atomic E-state index is 2.12. The van der Waals surface area contributed by atoms with E-state index in [4.69, 9.17) is 0 Å². The molecule has 0 nitrogen and oxygen atoms in total. The average molecular weight is 257 g/mol. The van der Waals surface area contributed by atoms with Crippen molar-refractivity contribution >= 4 is 0 Å². The molecule has 0 aromatic heterocycles. The van der Waals surface area contributed by atoms with Crippen molar-refractivity contribution in [1.29, 1.82) is 0 Å². The third kappa shape index (κ3) is 22.4. The van der Waals surface area contributed by atoms with Gasteiger partial charge in [-0.1, -0.05) is 14.4 Å². The third-order valence-corrected chi connectivity index (χ3v) is 0.408. The molecule has 0 aliphatic carbocycles. The average Bonchev–Trinajstić information content (AvgIpc) is 1.37. The summed E-state index contributed by atoms with van der Waals surface area (Å²) in [5.41, 5.74) is 0. The van der Waals surface area contributed by atoms with Gasteiger partial charge in [-0.05, 0) is 0 Å².